The molecule has 2 aliphatic rings. The smallest absolute Gasteiger partial charge is 0.457 e. The molecule has 3 atom stereocenters. The summed E-state index contributed by atoms with van der Waals surface area (Å²) in [6.07, 6.45) is -4.48. The highest BCUT2D eigenvalue weighted by Crippen LogP contribution is 2.51. The van der Waals surface area contributed by atoms with Crippen molar-refractivity contribution >= 4 is 23.4 Å². The lowest BCUT2D eigenvalue weighted by Gasteiger charge is -2.41. The van der Waals surface area contributed by atoms with Crippen LogP contribution in [0.1, 0.15) is 35.2 Å². The van der Waals surface area contributed by atoms with Crippen LogP contribution in [0.4, 0.5) is 22.0 Å². The summed E-state index contributed by atoms with van der Waals surface area (Å²) >= 11 is 6.23. The van der Waals surface area contributed by atoms with Gasteiger partial charge in [-0.3, -0.25) is 9.59 Å². The highest BCUT2D eigenvalue weighted by atomic mass is 35.5. The lowest BCUT2D eigenvalue weighted by molar-refractivity contribution is -0.339. The summed E-state index contributed by atoms with van der Waals surface area (Å²) in [7, 11) is 3.25. The Kier molecular flexibility index (Phi) is 8.38. The number of likely N-dealkylation sites (tertiary alicyclic amines) is 1. The van der Waals surface area contributed by atoms with E-state index in [1.54, 1.807) is 32.3 Å². The van der Waals surface area contributed by atoms with Gasteiger partial charge < -0.3 is 19.6 Å². The molecule has 2 amide bonds. The van der Waals surface area contributed by atoms with E-state index in [1.807, 2.05) is 0 Å². The van der Waals surface area contributed by atoms with Crippen LogP contribution in [0.25, 0.3) is 0 Å². The normalized spacial score (nSPS) is 21.5. The number of carbonyl (C=O) groups excluding carboxylic acids is 2. The number of benzene rings is 2. The van der Waals surface area contributed by atoms with Crippen LogP contribution in [-0.4, -0.2) is 72.6 Å². The maximum absolute atomic E-state index is 14.6. The molecule has 4 rings (SSSR count). The van der Waals surface area contributed by atoms with Crippen molar-refractivity contribution in [3.05, 3.63) is 64.7 Å². The van der Waals surface area contributed by atoms with E-state index in [4.69, 9.17) is 16.3 Å². The zero-order chi connectivity index (χ0) is 29.5. The van der Waals surface area contributed by atoms with Crippen LogP contribution in [0.15, 0.2) is 48.5 Å². The van der Waals surface area contributed by atoms with Gasteiger partial charge in [0.15, 0.2) is 0 Å². The van der Waals surface area contributed by atoms with Crippen molar-refractivity contribution in [1.82, 2.24) is 9.80 Å². The number of carbonyl (C=O) groups is 2. The Labute approximate surface area is 233 Å². The van der Waals surface area contributed by atoms with E-state index in [-0.39, 0.29) is 41.8 Å². The molecule has 1 saturated carbocycles. The van der Waals surface area contributed by atoms with Crippen LogP contribution in [0.5, 0.6) is 5.75 Å². The third kappa shape index (κ3) is 5.63. The number of hydrogen-bond acceptors (Lipinski definition) is 4. The second-order valence-electron chi connectivity index (χ2n) is 10.6. The van der Waals surface area contributed by atoms with Gasteiger partial charge in [-0.15, -0.1) is 0 Å². The summed E-state index contributed by atoms with van der Waals surface area (Å²) in [5.74, 6) is -6.48. The molecule has 0 bridgehead atoms. The van der Waals surface area contributed by atoms with E-state index in [0.717, 1.165) is 23.5 Å². The molecule has 12 heteroatoms. The number of piperidine rings is 1. The second-order valence-corrected chi connectivity index (χ2v) is 11.0. The number of hydrogen-bond donors (Lipinski definition) is 1. The van der Waals surface area contributed by atoms with Gasteiger partial charge in [0.2, 0.25) is 5.60 Å². The van der Waals surface area contributed by atoms with Gasteiger partial charge in [0.25, 0.3) is 11.8 Å². The molecule has 6 nitrogen and oxygen atoms in total. The Morgan fingerprint density at radius 2 is 1.68 bits per heavy atom. The van der Waals surface area contributed by atoms with Crippen molar-refractivity contribution < 1.29 is 41.4 Å². The van der Waals surface area contributed by atoms with E-state index in [9.17, 15) is 36.6 Å². The average Bonchev–Trinajstić information content (AvgIpc) is 3.70. The molecule has 1 aliphatic heterocycles. The van der Waals surface area contributed by atoms with Crippen LogP contribution in [0.3, 0.4) is 0 Å². The minimum Gasteiger partial charge on any atom is -0.493 e. The number of aliphatic hydroxyl groups is 1. The highest BCUT2D eigenvalue weighted by Gasteiger charge is 2.74. The average molecular weight is 589 g/mol. The summed E-state index contributed by atoms with van der Waals surface area (Å²) in [6, 6.07) is 10.4. The summed E-state index contributed by atoms with van der Waals surface area (Å²) in [5.41, 5.74) is -4.54. The molecule has 1 N–H and O–H groups in total. The van der Waals surface area contributed by atoms with Crippen LogP contribution < -0.4 is 4.74 Å². The SMILES string of the molecule is CN(C)C(=O)c1ccc(OC[C@@H]2C[C@H]2C2CCN(C(=O)C(O)(c3ccccc3)C(F)(F)C(F)(F)F)CC2)cc1Cl. The number of halogens is 6. The van der Waals surface area contributed by atoms with Gasteiger partial charge >= 0.3 is 12.1 Å². The van der Waals surface area contributed by atoms with Crippen molar-refractivity contribution in [1.29, 1.82) is 0 Å². The van der Waals surface area contributed by atoms with E-state index in [1.165, 1.54) is 23.1 Å². The predicted octanol–water partition coefficient (Wildman–Crippen LogP) is 5.38. The zero-order valence-electron chi connectivity index (χ0n) is 21.9. The monoisotopic (exact) mass is 588 g/mol. The molecule has 1 saturated heterocycles. The first-order chi connectivity index (χ1) is 18.7. The quantitative estimate of drug-likeness (QED) is 0.421. The first-order valence-electron chi connectivity index (χ1n) is 12.8. The summed E-state index contributed by atoms with van der Waals surface area (Å²) in [4.78, 5) is 27.5. The Morgan fingerprint density at radius 1 is 1.05 bits per heavy atom. The molecular weight excluding hydrogens is 559 g/mol. The molecule has 0 spiro atoms. The molecule has 2 aromatic rings. The predicted molar refractivity (Wildman–Crippen MR) is 137 cm³/mol. The highest BCUT2D eigenvalue weighted by molar-refractivity contribution is 6.34. The first-order valence-corrected chi connectivity index (χ1v) is 13.2. The van der Waals surface area contributed by atoms with E-state index >= 15 is 0 Å². The molecule has 2 fully saturated rings. The number of nitrogens with zero attached hydrogens (tertiary/aromatic N) is 2. The van der Waals surface area contributed by atoms with E-state index in [2.05, 4.69) is 0 Å². The van der Waals surface area contributed by atoms with Crippen molar-refractivity contribution in [2.24, 2.45) is 17.8 Å². The maximum atomic E-state index is 14.6. The lowest BCUT2D eigenvalue weighted by Crippen LogP contribution is -2.63. The molecule has 1 unspecified atom stereocenters. The number of alkyl halides is 5. The van der Waals surface area contributed by atoms with Crippen molar-refractivity contribution in [2.75, 3.05) is 33.8 Å². The van der Waals surface area contributed by atoms with Crippen molar-refractivity contribution in [3.63, 3.8) is 0 Å². The first kappa shape index (κ1) is 30.0. The molecule has 1 heterocycles. The lowest BCUT2D eigenvalue weighted by atomic mass is 9.83. The van der Waals surface area contributed by atoms with Gasteiger partial charge in [-0.05, 0) is 60.8 Å². The summed E-state index contributed by atoms with van der Waals surface area (Å²) in [5, 5.41) is 11.0. The summed E-state index contributed by atoms with van der Waals surface area (Å²) < 4.78 is 75.1. The Bertz CT molecular complexity index is 1230. The van der Waals surface area contributed by atoms with Crippen molar-refractivity contribution in [3.8, 4) is 5.75 Å². The fourth-order valence-corrected chi connectivity index (χ4v) is 5.58. The molecule has 0 aromatic heterocycles. The zero-order valence-corrected chi connectivity index (χ0v) is 22.7. The third-order valence-electron chi connectivity index (χ3n) is 7.76. The van der Waals surface area contributed by atoms with E-state index in [0.29, 0.717) is 30.8 Å². The standard InChI is InChI=1S/C28H30ClF5N2O4/c1-35(2)24(37)21-9-8-20(15-23(21)29)40-16-18-14-22(18)17-10-12-36(13-11-17)25(38)26(39,19-6-4-3-5-7-19)27(30,31)28(32,33)34/h3-9,15,17-18,22,39H,10-14,16H2,1-2H3/t18-,22-,26?/m0/s1. The fraction of sp³-hybridized carbons (Fsp3) is 0.500. The molecule has 40 heavy (non-hydrogen) atoms. The molecular formula is C28H30ClF5N2O4. The van der Waals surface area contributed by atoms with Crippen LogP contribution in [-0.2, 0) is 10.4 Å². The Hall–Kier alpha value is -2.92. The molecule has 2 aromatic carbocycles. The van der Waals surface area contributed by atoms with Gasteiger partial charge in [0.05, 0.1) is 17.2 Å². The fourth-order valence-electron chi connectivity index (χ4n) is 5.33. The van der Waals surface area contributed by atoms with Crippen molar-refractivity contribution in [2.45, 2.75) is 37.0 Å². The minimum absolute atomic E-state index is 0.0480. The summed E-state index contributed by atoms with van der Waals surface area (Å²) in [6.45, 7) is 0.300. The van der Waals surface area contributed by atoms with Crippen LogP contribution in [0.2, 0.25) is 5.02 Å². The number of rotatable bonds is 8. The van der Waals surface area contributed by atoms with Crippen LogP contribution in [0, 0.1) is 17.8 Å². The van der Waals surface area contributed by atoms with Gasteiger partial charge in [0.1, 0.15) is 5.75 Å². The van der Waals surface area contributed by atoms with Gasteiger partial charge in [-0.2, -0.15) is 22.0 Å². The van der Waals surface area contributed by atoms with Gasteiger partial charge in [0, 0.05) is 27.2 Å². The maximum Gasteiger partial charge on any atom is 0.457 e. The molecule has 0 radical (unpaired) electrons. The topological polar surface area (TPSA) is 70.1 Å². The molecule has 1 aliphatic carbocycles. The van der Waals surface area contributed by atoms with Gasteiger partial charge in [-0.1, -0.05) is 41.9 Å². The second kappa shape index (κ2) is 11.2. The third-order valence-corrected chi connectivity index (χ3v) is 8.08. The number of amides is 2. The van der Waals surface area contributed by atoms with Crippen LogP contribution >= 0.6 is 11.6 Å². The molecule has 218 valence electrons. The Morgan fingerprint density at radius 3 is 2.23 bits per heavy atom. The Balaban J connectivity index is 1.35. The minimum atomic E-state index is -6.14. The number of ether oxygens (including phenoxy) is 1. The van der Waals surface area contributed by atoms with Gasteiger partial charge in [-0.25, -0.2) is 0 Å². The largest absolute Gasteiger partial charge is 0.493 e. The van der Waals surface area contributed by atoms with E-state index < -0.39 is 29.2 Å².